The number of carbonyl (C=O) groups is 2. The van der Waals surface area contributed by atoms with E-state index in [0.29, 0.717) is 42.6 Å². The Labute approximate surface area is 215 Å². The highest BCUT2D eigenvalue weighted by molar-refractivity contribution is 6.33. The number of nitrogens with zero attached hydrogens (tertiary/aromatic N) is 3. The number of aromatic nitrogens is 2. The third kappa shape index (κ3) is 4.41. The number of rotatable bonds is 5. The van der Waals surface area contributed by atoms with Crippen LogP contribution in [0.15, 0.2) is 63.6 Å². The number of hydrogen-bond donors (Lipinski definition) is 2. The van der Waals surface area contributed by atoms with Gasteiger partial charge in [0.25, 0.3) is 5.91 Å². The van der Waals surface area contributed by atoms with Crippen LogP contribution < -0.4 is 20.9 Å². The molecule has 190 valence electrons. The number of aromatic amines is 1. The zero-order valence-electron chi connectivity index (χ0n) is 19.5. The van der Waals surface area contributed by atoms with Crippen LogP contribution in [0.3, 0.4) is 0 Å². The number of halogens is 1. The van der Waals surface area contributed by atoms with Crippen LogP contribution in [0.25, 0.3) is 11.4 Å². The van der Waals surface area contributed by atoms with Crippen molar-refractivity contribution < 1.29 is 23.6 Å². The minimum Gasteiger partial charge on any atom is -0.370 e. The van der Waals surface area contributed by atoms with Crippen molar-refractivity contribution in [3.63, 3.8) is 0 Å². The number of anilines is 3. The van der Waals surface area contributed by atoms with Gasteiger partial charge < -0.3 is 24.6 Å². The van der Waals surface area contributed by atoms with Gasteiger partial charge >= 0.3 is 5.76 Å². The Morgan fingerprint density at radius 3 is 2.65 bits per heavy atom. The second-order valence-electron chi connectivity index (χ2n) is 8.81. The molecule has 12 heteroatoms. The summed E-state index contributed by atoms with van der Waals surface area (Å²) in [5, 5.41) is 6.80. The number of H-pyrrole nitrogens is 1. The summed E-state index contributed by atoms with van der Waals surface area (Å²) >= 11 is 6.33. The van der Waals surface area contributed by atoms with Crippen LogP contribution >= 0.6 is 11.6 Å². The monoisotopic (exact) mass is 523 g/mol. The molecule has 0 spiro atoms. The van der Waals surface area contributed by atoms with Gasteiger partial charge in [0.2, 0.25) is 5.91 Å². The molecule has 2 fully saturated rings. The van der Waals surface area contributed by atoms with Crippen molar-refractivity contribution in [2.24, 2.45) is 5.92 Å². The summed E-state index contributed by atoms with van der Waals surface area (Å²) < 4.78 is 15.7. The largest absolute Gasteiger partial charge is 0.439 e. The maximum atomic E-state index is 13.0. The number of morpholine rings is 2. The summed E-state index contributed by atoms with van der Waals surface area (Å²) in [6.45, 7) is 2.20. The van der Waals surface area contributed by atoms with Crippen LogP contribution in [0.4, 0.5) is 17.1 Å². The Morgan fingerprint density at radius 2 is 1.89 bits per heavy atom. The van der Waals surface area contributed by atoms with Crippen molar-refractivity contribution in [2.75, 3.05) is 48.0 Å². The molecule has 3 aromatic rings. The predicted octanol–water partition coefficient (Wildman–Crippen LogP) is 2.40. The molecule has 2 aromatic carbocycles. The van der Waals surface area contributed by atoms with E-state index >= 15 is 0 Å². The molecule has 1 aromatic heterocycles. The van der Waals surface area contributed by atoms with E-state index in [0.717, 1.165) is 17.1 Å². The molecule has 2 atom stereocenters. The van der Waals surface area contributed by atoms with Crippen LogP contribution in [-0.4, -0.2) is 61.0 Å². The van der Waals surface area contributed by atoms with Gasteiger partial charge in [-0.1, -0.05) is 22.8 Å². The highest BCUT2D eigenvalue weighted by atomic mass is 35.5. The van der Waals surface area contributed by atoms with Crippen LogP contribution in [0.5, 0.6) is 0 Å². The molecule has 2 N–H and O–H groups in total. The molecule has 11 nitrogen and oxygen atoms in total. The summed E-state index contributed by atoms with van der Waals surface area (Å²) in [4.78, 5) is 42.8. The molecule has 0 saturated carbocycles. The fraction of sp³-hybridized carbons (Fsp3) is 0.280. The Balaban J connectivity index is 1.17. The third-order valence-electron chi connectivity index (χ3n) is 6.57. The highest BCUT2D eigenvalue weighted by Crippen LogP contribution is 2.39. The standard InChI is InChI=1S/C25H22ClN5O6/c26-19-10-14(4-5-17(19)23-28-25(34)37-29-23)27-24(33)18-12-20-22(18)36-9-7-30(20)15-2-1-3-16(11-15)31-6-8-35-13-21(31)32/h1-5,10-12,18,22H,6-9,13H2,(H,27,33)(H,28,29,34). The van der Waals surface area contributed by atoms with E-state index in [2.05, 4.69) is 24.9 Å². The Morgan fingerprint density at radius 1 is 1.08 bits per heavy atom. The minimum absolute atomic E-state index is 0.0645. The molecule has 2 unspecified atom stereocenters. The van der Waals surface area contributed by atoms with E-state index in [-0.39, 0.29) is 30.3 Å². The SMILES string of the molecule is O=C(Nc1ccc(-c2noc(=O)[nH]2)c(Cl)c1)C1C=C2C1OCCN2c1cccc(N2CCOCC2=O)c1. The number of fused-ring (bicyclic) bond motifs is 1. The van der Waals surface area contributed by atoms with Crippen LogP contribution in [0.2, 0.25) is 5.02 Å². The van der Waals surface area contributed by atoms with Gasteiger partial charge in [-0.2, -0.15) is 0 Å². The summed E-state index contributed by atoms with van der Waals surface area (Å²) in [5.74, 6) is -1.23. The van der Waals surface area contributed by atoms with Crippen LogP contribution in [0, 0.1) is 5.92 Å². The summed E-state index contributed by atoms with van der Waals surface area (Å²) in [6, 6.07) is 12.7. The average molecular weight is 524 g/mol. The summed E-state index contributed by atoms with van der Waals surface area (Å²) in [7, 11) is 0. The first kappa shape index (κ1) is 23.5. The van der Waals surface area contributed by atoms with E-state index in [4.69, 9.17) is 21.1 Å². The quantitative estimate of drug-likeness (QED) is 0.521. The zero-order chi connectivity index (χ0) is 25.5. The van der Waals surface area contributed by atoms with Crippen molar-refractivity contribution >= 4 is 40.5 Å². The number of hydrogen-bond acceptors (Lipinski definition) is 8. The molecular formula is C25H22ClN5O6. The van der Waals surface area contributed by atoms with Gasteiger partial charge in [-0.3, -0.25) is 19.1 Å². The molecule has 3 heterocycles. The lowest BCUT2D eigenvalue weighted by molar-refractivity contribution is -0.126. The fourth-order valence-electron chi connectivity index (χ4n) is 4.73. The second-order valence-corrected chi connectivity index (χ2v) is 9.21. The minimum atomic E-state index is -0.682. The zero-order valence-corrected chi connectivity index (χ0v) is 20.2. The molecule has 0 bridgehead atoms. The van der Waals surface area contributed by atoms with E-state index < -0.39 is 11.7 Å². The first-order valence-electron chi connectivity index (χ1n) is 11.7. The number of benzene rings is 2. The Hall–Kier alpha value is -3.93. The Kier molecular flexibility index (Phi) is 6.03. The van der Waals surface area contributed by atoms with Gasteiger partial charge in [0.05, 0.1) is 24.2 Å². The van der Waals surface area contributed by atoms with E-state index in [1.54, 1.807) is 23.1 Å². The maximum Gasteiger partial charge on any atom is 0.439 e. The van der Waals surface area contributed by atoms with Crippen LogP contribution in [0.1, 0.15) is 0 Å². The molecule has 2 aliphatic heterocycles. The van der Waals surface area contributed by atoms with Gasteiger partial charge in [0.1, 0.15) is 12.7 Å². The predicted molar refractivity (Wildman–Crippen MR) is 134 cm³/mol. The molecule has 37 heavy (non-hydrogen) atoms. The van der Waals surface area contributed by atoms with Gasteiger partial charge in [-0.25, -0.2) is 4.79 Å². The maximum absolute atomic E-state index is 13.0. The van der Waals surface area contributed by atoms with Gasteiger partial charge in [0.15, 0.2) is 5.82 Å². The Bertz CT molecular complexity index is 1470. The highest BCUT2D eigenvalue weighted by Gasteiger charge is 2.44. The number of ether oxygens (including phenoxy) is 2. The summed E-state index contributed by atoms with van der Waals surface area (Å²) in [6.07, 6.45) is 1.51. The van der Waals surface area contributed by atoms with Crippen LogP contribution in [-0.2, 0) is 19.1 Å². The van der Waals surface area contributed by atoms with E-state index in [1.165, 1.54) is 0 Å². The number of nitrogens with one attached hydrogen (secondary N) is 2. The normalized spacial score (nSPS) is 21.2. The van der Waals surface area contributed by atoms with E-state index in [1.807, 2.05) is 30.3 Å². The number of amides is 2. The molecule has 1 aliphatic carbocycles. The lowest BCUT2D eigenvalue weighted by atomic mass is 9.84. The van der Waals surface area contributed by atoms with Crippen molar-refractivity contribution in [1.29, 1.82) is 0 Å². The smallest absolute Gasteiger partial charge is 0.370 e. The number of carbonyl (C=O) groups excluding carboxylic acids is 2. The lowest BCUT2D eigenvalue weighted by Gasteiger charge is -2.45. The topological polar surface area (TPSA) is 130 Å². The average Bonchev–Trinajstić information content (AvgIpc) is 3.31. The third-order valence-corrected chi connectivity index (χ3v) is 6.88. The molecule has 2 saturated heterocycles. The van der Waals surface area contributed by atoms with Crippen molar-refractivity contribution in [3.8, 4) is 11.4 Å². The fourth-order valence-corrected chi connectivity index (χ4v) is 5.00. The van der Waals surface area contributed by atoms with Crippen molar-refractivity contribution in [1.82, 2.24) is 10.1 Å². The molecule has 6 rings (SSSR count). The molecule has 3 aliphatic rings. The van der Waals surface area contributed by atoms with Crippen molar-refractivity contribution in [2.45, 2.75) is 6.10 Å². The second kappa shape index (κ2) is 9.51. The van der Waals surface area contributed by atoms with Gasteiger partial charge in [-0.15, -0.1) is 0 Å². The first-order chi connectivity index (χ1) is 18.0. The van der Waals surface area contributed by atoms with Gasteiger partial charge in [-0.05, 0) is 42.5 Å². The molecule has 0 radical (unpaired) electrons. The first-order valence-corrected chi connectivity index (χ1v) is 12.1. The summed E-state index contributed by atoms with van der Waals surface area (Å²) in [5.41, 5.74) is 3.65. The molecule has 2 amide bonds. The van der Waals surface area contributed by atoms with E-state index in [9.17, 15) is 14.4 Å². The lowest BCUT2D eigenvalue weighted by Crippen LogP contribution is -2.52. The molecular weight excluding hydrogens is 502 g/mol. The van der Waals surface area contributed by atoms with Crippen molar-refractivity contribution in [3.05, 3.63) is 69.8 Å². The van der Waals surface area contributed by atoms with Gasteiger partial charge in [0, 0.05) is 41.4 Å².